The zero-order chi connectivity index (χ0) is 22.6. The average Bonchev–Trinajstić information content (AvgIpc) is 2.71. The van der Waals surface area contributed by atoms with Crippen LogP contribution < -0.4 is 0 Å². The smallest absolute Gasteiger partial charge is 0.0192 e. The number of halogens is 4. The molecule has 0 bridgehead atoms. The first-order valence-corrected chi connectivity index (χ1v) is 13.4. The SMILES string of the molecule is Cc1cc2c(-c3cc(Br)cc(Br)c3)c3ccccc3c(-c3cc(Br)cc(Br)c3)c2cc1C. The van der Waals surface area contributed by atoms with Crippen molar-refractivity contribution in [2.24, 2.45) is 0 Å². The van der Waals surface area contributed by atoms with Gasteiger partial charge in [0.2, 0.25) is 0 Å². The maximum atomic E-state index is 3.69. The molecule has 5 rings (SSSR count). The van der Waals surface area contributed by atoms with Gasteiger partial charge in [0.05, 0.1) is 0 Å². The summed E-state index contributed by atoms with van der Waals surface area (Å²) in [5.74, 6) is 0. The minimum atomic E-state index is 1.06. The van der Waals surface area contributed by atoms with Gasteiger partial charge in [-0.2, -0.15) is 0 Å². The third-order valence-corrected chi connectivity index (χ3v) is 7.77. The third-order valence-electron chi connectivity index (χ3n) is 5.94. The van der Waals surface area contributed by atoms with Gasteiger partial charge in [-0.05, 0) is 105 Å². The van der Waals surface area contributed by atoms with E-state index in [1.54, 1.807) is 0 Å². The van der Waals surface area contributed by atoms with Gasteiger partial charge in [0.1, 0.15) is 0 Å². The number of hydrogen-bond acceptors (Lipinski definition) is 0. The van der Waals surface area contributed by atoms with Crippen molar-refractivity contribution in [3.05, 3.63) is 102 Å². The summed E-state index contributed by atoms with van der Waals surface area (Å²) in [6.45, 7) is 4.39. The fourth-order valence-electron chi connectivity index (χ4n) is 4.46. The van der Waals surface area contributed by atoms with Gasteiger partial charge < -0.3 is 0 Å². The highest BCUT2D eigenvalue weighted by atomic mass is 79.9. The van der Waals surface area contributed by atoms with Crippen molar-refractivity contribution in [3.8, 4) is 22.3 Å². The fourth-order valence-corrected chi connectivity index (χ4v) is 7.04. The van der Waals surface area contributed by atoms with E-state index >= 15 is 0 Å². The summed E-state index contributed by atoms with van der Waals surface area (Å²) >= 11 is 14.8. The topological polar surface area (TPSA) is 0 Å². The molecule has 0 unspecified atom stereocenters. The van der Waals surface area contributed by atoms with Crippen LogP contribution >= 0.6 is 63.7 Å². The molecule has 0 atom stereocenters. The lowest BCUT2D eigenvalue weighted by molar-refractivity contribution is 1.37. The summed E-state index contributed by atoms with van der Waals surface area (Å²) in [5, 5.41) is 5.03. The minimum Gasteiger partial charge on any atom is -0.0616 e. The van der Waals surface area contributed by atoms with Crippen LogP contribution in [0, 0.1) is 13.8 Å². The predicted octanol–water partition coefficient (Wildman–Crippen LogP) is 11.0. The summed E-state index contributed by atoms with van der Waals surface area (Å²) in [4.78, 5) is 0. The Bertz CT molecular complexity index is 1380. The first-order valence-electron chi connectivity index (χ1n) is 10.2. The van der Waals surface area contributed by atoms with Crippen LogP contribution in [0.3, 0.4) is 0 Å². The van der Waals surface area contributed by atoms with Crippen LogP contribution in [0.4, 0.5) is 0 Å². The molecule has 0 radical (unpaired) electrons. The molecule has 5 aromatic rings. The van der Waals surface area contributed by atoms with E-state index in [1.807, 2.05) is 0 Å². The lowest BCUT2D eigenvalue weighted by atomic mass is 9.84. The van der Waals surface area contributed by atoms with Crippen LogP contribution in [0.5, 0.6) is 0 Å². The molecule has 32 heavy (non-hydrogen) atoms. The molecule has 0 amide bonds. The Hall–Kier alpha value is -1.46. The highest BCUT2D eigenvalue weighted by Gasteiger charge is 2.18. The molecule has 0 aliphatic carbocycles. The molecule has 4 heteroatoms. The van der Waals surface area contributed by atoms with Crippen molar-refractivity contribution in [1.29, 1.82) is 0 Å². The Kier molecular flexibility index (Phi) is 6.08. The van der Waals surface area contributed by atoms with Crippen LogP contribution in [0.1, 0.15) is 11.1 Å². The van der Waals surface area contributed by atoms with Crippen molar-refractivity contribution < 1.29 is 0 Å². The van der Waals surface area contributed by atoms with Gasteiger partial charge >= 0.3 is 0 Å². The zero-order valence-corrected chi connectivity index (χ0v) is 23.8. The number of rotatable bonds is 2. The van der Waals surface area contributed by atoms with Gasteiger partial charge in [0.15, 0.2) is 0 Å². The standard InChI is InChI=1S/C28H18Br4/c1-15-7-25-26(8-16(15)2)28(18-11-21(31)14-22(32)12-18)24-6-4-3-5-23(24)27(25)17-9-19(29)13-20(30)10-17/h3-14H,1-2H3. The quantitative estimate of drug-likeness (QED) is 0.164. The normalized spacial score (nSPS) is 11.4. The summed E-state index contributed by atoms with van der Waals surface area (Å²) in [7, 11) is 0. The number of fused-ring (bicyclic) bond motifs is 2. The largest absolute Gasteiger partial charge is 0.0616 e. The highest BCUT2D eigenvalue weighted by molar-refractivity contribution is 9.11. The van der Waals surface area contributed by atoms with Gasteiger partial charge in [0.25, 0.3) is 0 Å². The third kappa shape index (κ3) is 4.00. The van der Waals surface area contributed by atoms with Gasteiger partial charge in [-0.1, -0.05) is 100 Å². The average molecular weight is 674 g/mol. The van der Waals surface area contributed by atoms with Gasteiger partial charge in [0, 0.05) is 17.9 Å². The Balaban J connectivity index is 2.04. The zero-order valence-electron chi connectivity index (χ0n) is 17.4. The van der Waals surface area contributed by atoms with Crippen molar-refractivity contribution >= 4 is 85.3 Å². The maximum absolute atomic E-state index is 3.69. The molecule has 0 saturated carbocycles. The second-order valence-corrected chi connectivity index (χ2v) is 11.8. The van der Waals surface area contributed by atoms with Gasteiger partial charge in [-0.25, -0.2) is 0 Å². The van der Waals surface area contributed by atoms with Crippen molar-refractivity contribution in [3.63, 3.8) is 0 Å². The molecular weight excluding hydrogens is 656 g/mol. The van der Waals surface area contributed by atoms with Crippen LogP contribution in [-0.4, -0.2) is 0 Å². The first-order chi connectivity index (χ1) is 15.3. The maximum Gasteiger partial charge on any atom is 0.0192 e. The van der Waals surface area contributed by atoms with Gasteiger partial charge in [-0.3, -0.25) is 0 Å². The molecular formula is C28H18Br4. The molecule has 5 aromatic carbocycles. The van der Waals surface area contributed by atoms with Crippen molar-refractivity contribution in [1.82, 2.24) is 0 Å². The molecule has 0 heterocycles. The van der Waals surface area contributed by atoms with Crippen LogP contribution in [0.15, 0.2) is 90.7 Å². The summed E-state index contributed by atoms with van der Waals surface area (Å²) in [6.07, 6.45) is 0. The van der Waals surface area contributed by atoms with E-state index in [0.29, 0.717) is 0 Å². The van der Waals surface area contributed by atoms with E-state index in [1.165, 1.54) is 54.9 Å². The summed E-state index contributed by atoms with van der Waals surface area (Å²) in [6, 6.07) is 26.4. The summed E-state index contributed by atoms with van der Waals surface area (Å²) < 4.78 is 4.23. The molecule has 0 nitrogen and oxygen atoms in total. The molecule has 0 aliphatic heterocycles. The second-order valence-electron chi connectivity index (χ2n) is 8.09. The molecule has 0 saturated heterocycles. The Labute approximate surface area is 221 Å². The lowest BCUT2D eigenvalue weighted by Gasteiger charge is -2.19. The molecule has 0 fully saturated rings. The van der Waals surface area contributed by atoms with Gasteiger partial charge in [-0.15, -0.1) is 0 Å². The lowest BCUT2D eigenvalue weighted by Crippen LogP contribution is -1.93. The highest BCUT2D eigenvalue weighted by Crippen LogP contribution is 2.46. The molecule has 0 spiro atoms. The molecule has 0 N–H and O–H groups in total. The van der Waals surface area contributed by atoms with Crippen LogP contribution in [0.25, 0.3) is 43.8 Å². The van der Waals surface area contributed by atoms with Crippen molar-refractivity contribution in [2.75, 3.05) is 0 Å². The predicted molar refractivity (Wildman–Crippen MR) is 153 cm³/mol. The van der Waals surface area contributed by atoms with E-state index in [-0.39, 0.29) is 0 Å². The Morgan fingerprint density at radius 2 is 0.781 bits per heavy atom. The van der Waals surface area contributed by atoms with Crippen LogP contribution in [-0.2, 0) is 0 Å². The molecule has 158 valence electrons. The van der Waals surface area contributed by atoms with E-state index in [2.05, 4.69) is 150 Å². The second kappa shape index (κ2) is 8.72. The number of benzene rings is 5. The fraction of sp³-hybridized carbons (Fsp3) is 0.0714. The van der Waals surface area contributed by atoms with E-state index in [9.17, 15) is 0 Å². The van der Waals surface area contributed by atoms with E-state index < -0.39 is 0 Å². The van der Waals surface area contributed by atoms with E-state index in [4.69, 9.17) is 0 Å². The Morgan fingerprint density at radius 3 is 1.12 bits per heavy atom. The minimum absolute atomic E-state index is 1.06. The first kappa shape index (κ1) is 22.3. The summed E-state index contributed by atoms with van der Waals surface area (Å²) in [5.41, 5.74) is 7.50. The molecule has 0 aliphatic rings. The number of aryl methyl sites for hydroxylation is 2. The Morgan fingerprint density at radius 1 is 0.438 bits per heavy atom. The monoisotopic (exact) mass is 670 g/mol. The molecule has 0 aromatic heterocycles. The van der Waals surface area contributed by atoms with E-state index in [0.717, 1.165) is 17.9 Å². The number of hydrogen-bond donors (Lipinski definition) is 0. The van der Waals surface area contributed by atoms with Crippen LogP contribution in [0.2, 0.25) is 0 Å². The van der Waals surface area contributed by atoms with Crippen molar-refractivity contribution in [2.45, 2.75) is 13.8 Å².